The molecule has 3 aromatic rings. The minimum atomic E-state index is -0.394. The van der Waals surface area contributed by atoms with Gasteiger partial charge >= 0.3 is 0 Å². The number of hydrogen-bond donors (Lipinski definition) is 1. The Kier molecular flexibility index (Phi) is 4.56. The lowest BCUT2D eigenvalue weighted by molar-refractivity contribution is 0.0773. The molecule has 0 fully saturated rings. The number of carbonyl (C=O) groups excluding carboxylic acids is 1. The van der Waals surface area contributed by atoms with E-state index in [1.54, 1.807) is 14.0 Å². The van der Waals surface area contributed by atoms with Gasteiger partial charge in [0.25, 0.3) is 11.5 Å². The van der Waals surface area contributed by atoms with Crippen molar-refractivity contribution in [3.05, 3.63) is 57.8 Å². The first-order valence-electron chi connectivity index (χ1n) is 7.89. The van der Waals surface area contributed by atoms with Gasteiger partial charge in [-0.1, -0.05) is 17.7 Å². The second-order valence-electron chi connectivity index (χ2n) is 5.83. The molecule has 0 radical (unpaired) electrons. The molecule has 0 aliphatic heterocycles. The van der Waals surface area contributed by atoms with Crippen molar-refractivity contribution < 1.29 is 13.9 Å². The molecular weight excluding hydrogens is 322 g/mol. The van der Waals surface area contributed by atoms with Crippen molar-refractivity contribution in [1.82, 2.24) is 14.9 Å². The molecule has 25 heavy (non-hydrogen) atoms. The number of H-pyrrole nitrogens is 1. The summed E-state index contributed by atoms with van der Waals surface area (Å²) in [6.07, 6.45) is 1.25. The number of nitrogens with one attached hydrogen (secondary N) is 1. The molecule has 130 valence electrons. The molecule has 0 unspecified atom stereocenters. The SMILES string of the molecule is Cc1ccc(OCCN(C)C(=O)c2c(C)oc3nc[nH]c(=O)c23)cc1. The van der Waals surface area contributed by atoms with Crippen molar-refractivity contribution in [2.75, 3.05) is 20.2 Å². The summed E-state index contributed by atoms with van der Waals surface area (Å²) in [4.78, 5) is 32.6. The van der Waals surface area contributed by atoms with E-state index >= 15 is 0 Å². The van der Waals surface area contributed by atoms with E-state index in [1.165, 1.54) is 11.2 Å². The Hall–Kier alpha value is -3.09. The molecule has 0 saturated heterocycles. The minimum Gasteiger partial charge on any atom is -0.492 e. The standard InChI is InChI=1S/C18H19N3O4/c1-11-4-6-13(7-5-11)24-9-8-21(3)18(23)14-12(2)25-17-15(14)16(22)19-10-20-17/h4-7,10H,8-9H2,1-3H3,(H,19,20,22). The van der Waals surface area contributed by atoms with Crippen molar-refractivity contribution in [3.63, 3.8) is 0 Å². The number of hydrogen-bond acceptors (Lipinski definition) is 5. The van der Waals surface area contributed by atoms with Gasteiger partial charge in [-0.3, -0.25) is 9.59 Å². The Morgan fingerprint density at radius 2 is 2.00 bits per heavy atom. The molecule has 3 rings (SSSR count). The number of aromatic amines is 1. The number of furan rings is 1. The van der Waals surface area contributed by atoms with Crippen LogP contribution in [-0.4, -0.2) is 41.0 Å². The Labute approximate surface area is 144 Å². The monoisotopic (exact) mass is 341 g/mol. The second-order valence-corrected chi connectivity index (χ2v) is 5.83. The number of amides is 1. The van der Waals surface area contributed by atoms with Gasteiger partial charge in [0.05, 0.1) is 18.4 Å². The molecule has 2 aromatic heterocycles. The average Bonchev–Trinajstić information content (AvgIpc) is 2.93. The molecule has 2 heterocycles. The number of rotatable bonds is 5. The molecule has 7 nitrogen and oxygen atoms in total. The molecule has 0 bridgehead atoms. The molecule has 0 aliphatic rings. The highest BCUT2D eigenvalue weighted by atomic mass is 16.5. The van der Waals surface area contributed by atoms with E-state index in [2.05, 4.69) is 9.97 Å². The molecule has 1 N–H and O–H groups in total. The number of nitrogens with zero attached hydrogens (tertiary/aromatic N) is 2. The molecular formula is C18H19N3O4. The summed E-state index contributed by atoms with van der Waals surface area (Å²) in [5, 5.41) is 0.177. The zero-order valence-electron chi connectivity index (χ0n) is 14.3. The Balaban J connectivity index is 1.71. The fraction of sp³-hybridized carbons (Fsp3) is 0.278. The number of ether oxygens (including phenoxy) is 1. The largest absolute Gasteiger partial charge is 0.492 e. The highest BCUT2D eigenvalue weighted by molar-refractivity contribution is 6.06. The maximum Gasteiger partial charge on any atom is 0.262 e. The maximum atomic E-state index is 12.7. The topological polar surface area (TPSA) is 88.4 Å². The molecule has 0 saturated carbocycles. The van der Waals surface area contributed by atoms with Crippen LogP contribution in [0.3, 0.4) is 0 Å². The number of aromatic nitrogens is 2. The van der Waals surface area contributed by atoms with Crippen molar-refractivity contribution in [2.24, 2.45) is 0 Å². The fourth-order valence-electron chi connectivity index (χ4n) is 2.54. The van der Waals surface area contributed by atoms with Crippen molar-refractivity contribution in [1.29, 1.82) is 0 Å². The highest BCUT2D eigenvalue weighted by Crippen LogP contribution is 2.21. The molecule has 0 atom stereocenters. The smallest absolute Gasteiger partial charge is 0.262 e. The van der Waals surface area contributed by atoms with E-state index < -0.39 is 5.56 Å². The van der Waals surface area contributed by atoms with Crippen LogP contribution in [0.1, 0.15) is 21.7 Å². The number of benzene rings is 1. The van der Waals surface area contributed by atoms with Gasteiger partial charge in [0.2, 0.25) is 5.71 Å². The van der Waals surface area contributed by atoms with E-state index in [0.29, 0.717) is 18.9 Å². The van der Waals surface area contributed by atoms with Crippen LogP contribution in [0.2, 0.25) is 0 Å². The van der Waals surface area contributed by atoms with E-state index in [-0.39, 0.29) is 22.6 Å². The van der Waals surface area contributed by atoms with Crippen molar-refractivity contribution in [3.8, 4) is 5.75 Å². The first-order chi connectivity index (χ1) is 12.0. The maximum absolute atomic E-state index is 12.7. The van der Waals surface area contributed by atoms with E-state index in [0.717, 1.165) is 11.3 Å². The van der Waals surface area contributed by atoms with Crippen molar-refractivity contribution in [2.45, 2.75) is 13.8 Å². The summed E-state index contributed by atoms with van der Waals surface area (Å²) in [5.41, 5.74) is 1.16. The molecule has 0 aliphatic carbocycles. The van der Waals surface area contributed by atoms with Gasteiger partial charge in [-0.15, -0.1) is 0 Å². The summed E-state index contributed by atoms with van der Waals surface area (Å²) < 4.78 is 11.1. The first kappa shape index (κ1) is 16.8. The van der Waals surface area contributed by atoms with Crippen LogP contribution in [0.4, 0.5) is 0 Å². The first-order valence-corrected chi connectivity index (χ1v) is 7.89. The highest BCUT2D eigenvalue weighted by Gasteiger charge is 2.24. The minimum absolute atomic E-state index is 0.161. The van der Waals surface area contributed by atoms with Crippen LogP contribution >= 0.6 is 0 Å². The Bertz CT molecular complexity index is 957. The normalized spacial score (nSPS) is 10.8. The number of carbonyl (C=O) groups is 1. The van der Waals surface area contributed by atoms with Crippen LogP contribution in [0.15, 0.2) is 39.8 Å². The van der Waals surface area contributed by atoms with Crippen LogP contribution < -0.4 is 10.3 Å². The lowest BCUT2D eigenvalue weighted by atomic mass is 10.1. The van der Waals surface area contributed by atoms with Crippen LogP contribution in [0.25, 0.3) is 11.1 Å². The third-order valence-electron chi connectivity index (χ3n) is 3.95. The van der Waals surface area contributed by atoms with Gasteiger partial charge in [-0.2, -0.15) is 0 Å². The predicted molar refractivity (Wildman–Crippen MR) is 93.0 cm³/mol. The summed E-state index contributed by atoms with van der Waals surface area (Å²) in [6.45, 7) is 4.36. The zero-order valence-corrected chi connectivity index (χ0v) is 14.3. The predicted octanol–water partition coefficient (Wildman–Crippen LogP) is 2.28. The quantitative estimate of drug-likeness (QED) is 0.769. The second kappa shape index (κ2) is 6.80. The number of likely N-dealkylation sites (N-methyl/N-ethyl adjacent to an activating group) is 1. The number of fused-ring (bicyclic) bond motifs is 1. The van der Waals surface area contributed by atoms with Gasteiger partial charge < -0.3 is 19.0 Å². The van der Waals surface area contributed by atoms with Crippen LogP contribution in [0, 0.1) is 13.8 Å². The Morgan fingerprint density at radius 3 is 2.72 bits per heavy atom. The van der Waals surface area contributed by atoms with Gasteiger partial charge in [0, 0.05) is 7.05 Å². The van der Waals surface area contributed by atoms with Gasteiger partial charge in [-0.05, 0) is 26.0 Å². The third-order valence-corrected chi connectivity index (χ3v) is 3.95. The fourth-order valence-corrected chi connectivity index (χ4v) is 2.54. The molecule has 1 amide bonds. The van der Waals surface area contributed by atoms with Crippen molar-refractivity contribution >= 4 is 17.0 Å². The van der Waals surface area contributed by atoms with Crippen LogP contribution in [0.5, 0.6) is 5.75 Å². The Morgan fingerprint density at radius 1 is 1.28 bits per heavy atom. The average molecular weight is 341 g/mol. The lowest BCUT2D eigenvalue weighted by Gasteiger charge is -2.17. The summed E-state index contributed by atoms with van der Waals surface area (Å²) in [6, 6.07) is 7.70. The van der Waals surface area contributed by atoms with E-state index in [4.69, 9.17) is 9.15 Å². The van der Waals surface area contributed by atoms with Gasteiger partial charge in [0.15, 0.2) is 0 Å². The summed E-state index contributed by atoms with van der Waals surface area (Å²) >= 11 is 0. The van der Waals surface area contributed by atoms with E-state index in [9.17, 15) is 9.59 Å². The lowest BCUT2D eigenvalue weighted by Crippen LogP contribution is -2.31. The van der Waals surface area contributed by atoms with Crippen LogP contribution in [-0.2, 0) is 0 Å². The summed E-state index contributed by atoms with van der Waals surface area (Å²) in [7, 11) is 1.66. The third kappa shape index (κ3) is 3.40. The van der Waals surface area contributed by atoms with Gasteiger partial charge in [0.1, 0.15) is 23.5 Å². The van der Waals surface area contributed by atoms with E-state index in [1.807, 2.05) is 31.2 Å². The molecule has 7 heteroatoms. The van der Waals surface area contributed by atoms with Gasteiger partial charge in [-0.25, -0.2) is 4.98 Å². The number of aryl methyl sites for hydroxylation is 2. The summed E-state index contributed by atoms with van der Waals surface area (Å²) in [5.74, 6) is 0.815. The molecule has 1 aromatic carbocycles. The molecule has 0 spiro atoms. The zero-order chi connectivity index (χ0) is 18.0.